The lowest BCUT2D eigenvalue weighted by Crippen LogP contribution is -2.49. The average molecular weight is 534 g/mol. The predicted molar refractivity (Wildman–Crippen MR) is 144 cm³/mol. The van der Waals surface area contributed by atoms with Crippen LogP contribution in [0, 0.1) is 5.41 Å². The molecule has 2 saturated heterocycles. The molecular formula is C28H44FN5O4. The van der Waals surface area contributed by atoms with E-state index in [9.17, 15) is 9.32 Å². The van der Waals surface area contributed by atoms with Crippen molar-refractivity contribution in [1.82, 2.24) is 19.8 Å². The second kappa shape index (κ2) is 11.2. The number of nitrogens with zero attached hydrogens (tertiary/aromatic N) is 3. The van der Waals surface area contributed by atoms with Gasteiger partial charge >= 0.3 is 0 Å². The molecule has 1 aromatic carbocycles. The Kier molecular flexibility index (Phi) is 8.49. The van der Waals surface area contributed by atoms with Crippen molar-refractivity contribution in [3.05, 3.63) is 29.6 Å². The summed E-state index contributed by atoms with van der Waals surface area (Å²) in [6.45, 7) is 15.8. The maximum Gasteiger partial charge on any atom is 0.251 e. The quantitative estimate of drug-likeness (QED) is 0.455. The summed E-state index contributed by atoms with van der Waals surface area (Å²) in [5.74, 6) is 0.699. The molecule has 2 unspecified atom stereocenters. The average Bonchev–Trinajstić information content (AvgIpc) is 3.17. The first-order valence-electron chi connectivity index (χ1n) is 13.6. The van der Waals surface area contributed by atoms with Gasteiger partial charge in [-0.3, -0.25) is 9.69 Å². The van der Waals surface area contributed by atoms with E-state index in [0.717, 1.165) is 42.9 Å². The zero-order valence-electron chi connectivity index (χ0n) is 23.7. The Morgan fingerprint density at radius 2 is 2.05 bits per heavy atom. The number of halogens is 1. The molecule has 9 nitrogen and oxygen atoms in total. The number of carbonyl (C=O) groups is 1. The largest absolute Gasteiger partial charge is 0.376 e. The van der Waals surface area contributed by atoms with Crippen molar-refractivity contribution in [2.45, 2.75) is 90.8 Å². The number of nitrogens with two attached hydrogens (primary N) is 1. The van der Waals surface area contributed by atoms with Crippen molar-refractivity contribution >= 4 is 16.9 Å². The summed E-state index contributed by atoms with van der Waals surface area (Å²) in [4.78, 5) is 24.7. The van der Waals surface area contributed by atoms with Crippen LogP contribution in [0.5, 0.6) is 0 Å². The minimum absolute atomic E-state index is 0.118. The van der Waals surface area contributed by atoms with Crippen molar-refractivity contribution in [1.29, 1.82) is 0 Å². The van der Waals surface area contributed by atoms with Crippen LogP contribution in [0.15, 0.2) is 18.2 Å². The molecule has 0 aliphatic carbocycles. The molecule has 3 N–H and O–H groups in total. The van der Waals surface area contributed by atoms with E-state index in [2.05, 4.69) is 19.7 Å². The Labute approximate surface area is 225 Å². The highest BCUT2D eigenvalue weighted by Gasteiger charge is 2.38. The van der Waals surface area contributed by atoms with Crippen LogP contribution in [-0.2, 0) is 27.5 Å². The number of imidazole rings is 1. The third-order valence-corrected chi connectivity index (χ3v) is 7.88. The molecule has 1 amide bonds. The third-order valence-electron chi connectivity index (χ3n) is 7.88. The van der Waals surface area contributed by atoms with Gasteiger partial charge in [0, 0.05) is 25.3 Å². The predicted octanol–water partition coefficient (Wildman–Crippen LogP) is 3.59. The number of ether oxygens (including phenoxy) is 2. The molecule has 0 spiro atoms. The van der Waals surface area contributed by atoms with Crippen LogP contribution >= 0.6 is 0 Å². The maximum absolute atomic E-state index is 13.3. The van der Waals surface area contributed by atoms with Crippen molar-refractivity contribution in [2.75, 3.05) is 32.8 Å². The van der Waals surface area contributed by atoms with Gasteiger partial charge in [-0.05, 0) is 75.2 Å². The van der Waals surface area contributed by atoms with E-state index in [4.69, 9.17) is 20.2 Å². The number of benzene rings is 1. The number of hydrogen-bond acceptors (Lipinski definition) is 7. The Balaban J connectivity index is 1.55. The molecule has 1 aromatic heterocycles. The van der Waals surface area contributed by atoms with Crippen LogP contribution in [0.2, 0.25) is 0 Å². The molecule has 4 rings (SSSR count). The van der Waals surface area contributed by atoms with E-state index in [1.165, 1.54) is 0 Å². The van der Waals surface area contributed by atoms with Crippen LogP contribution in [0.4, 0.5) is 4.53 Å². The molecule has 3 heterocycles. The molecule has 2 atom stereocenters. The molecule has 0 saturated carbocycles. The molecule has 0 radical (unpaired) electrons. The van der Waals surface area contributed by atoms with E-state index < -0.39 is 17.2 Å². The molecule has 38 heavy (non-hydrogen) atoms. The first-order chi connectivity index (χ1) is 17.8. The van der Waals surface area contributed by atoms with Crippen molar-refractivity contribution < 1.29 is 23.7 Å². The van der Waals surface area contributed by atoms with Crippen molar-refractivity contribution in [3.63, 3.8) is 0 Å². The highest BCUT2D eigenvalue weighted by molar-refractivity contribution is 5.97. The summed E-state index contributed by atoms with van der Waals surface area (Å²) in [5.41, 5.74) is 6.77. The number of hydrogen-bond donors (Lipinski definition) is 2. The van der Waals surface area contributed by atoms with Crippen LogP contribution in [0.25, 0.3) is 11.0 Å². The molecule has 2 aliphatic rings. The number of piperidine rings is 1. The summed E-state index contributed by atoms with van der Waals surface area (Å²) in [5, 5.41) is 3.09. The fourth-order valence-corrected chi connectivity index (χ4v) is 4.79. The van der Waals surface area contributed by atoms with Crippen molar-refractivity contribution in [2.24, 2.45) is 11.1 Å². The van der Waals surface area contributed by atoms with E-state index in [1.807, 2.05) is 53.7 Å². The molecular weight excluding hydrogens is 489 g/mol. The molecule has 10 heteroatoms. The van der Waals surface area contributed by atoms with Gasteiger partial charge in [-0.1, -0.05) is 13.8 Å². The molecule has 2 aliphatic heterocycles. The molecule has 2 aromatic rings. The number of nitrogens with one attached hydrogen (secondary N) is 1. The number of aromatic nitrogens is 2. The number of amides is 1. The lowest BCUT2D eigenvalue weighted by Gasteiger charge is -2.41. The number of rotatable bonds is 11. The van der Waals surface area contributed by atoms with Crippen LogP contribution in [-0.4, -0.2) is 76.6 Å². The topological polar surface area (TPSA) is 104 Å². The summed E-state index contributed by atoms with van der Waals surface area (Å²) in [6, 6.07) is 5.59. The zero-order valence-corrected chi connectivity index (χ0v) is 23.7. The lowest BCUT2D eigenvalue weighted by molar-refractivity contribution is -0.228. The van der Waals surface area contributed by atoms with E-state index in [-0.39, 0.29) is 17.4 Å². The molecule has 0 bridgehead atoms. The van der Waals surface area contributed by atoms with Gasteiger partial charge in [0.2, 0.25) is 0 Å². The zero-order chi connectivity index (χ0) is 27.7. The Morgan fingerprint density at radius 1 is 1.32 bits per heavy atom. The van der Waals surface area contributed by atoms with Gasteiger partial charge in [-0.2, -0.15) is 4.94 Å². The fraction of sp³-hybridized carbons (Fsp3) is 0.714. The highest BCUT2D eigenvalue weighted by atomic mass is 19.3. The first-order valence-corrected chi connectivity index (χ1v) is 13.6. The van der Waals surface area contributed by atoms with Gasteiger partial charge in [0.25, 0.3) is 5.91 Å². The van der Waals surface area contributed by atoms with Gasteiger partial charge in [-0.25, -0.2) is 4.98 Å². The molecule has 2 fully saturated rings. The standard InChI is InChI=1S/C28H44FN5O4/c1-26(2)10-11-33(15-23(26)38-29)16-24-31-21-8-7-19(13-22(21)34(24)14-20-9-12-36-20)25(35)32-27(3,4)18-37-28(5,6)17-30/h7-8,13,20,23H,9-12,14-18,30H2,1-6H3,(H,32,35). The Morgan fingerprint density at radius 3 is 2.68 bits per heavy atom. The summed E-state index contributed by atoms with van der Waals surface area (Å²) < 4.78 is 27.1. The van der Waals surface area contributed by atoms with Gasteiger partial charge in [0.05, 0.1) is 48.0 Å². The first kappa shape index (κ1) is 28.9. The van der Waals surface area contributed by atoms with Crippen LogP contribution in [0.3, 0.4) is 0 Å². The smallest absolute Gasteiger partial charge is 0.251 e. The minimum atomic E-state index is -0.583. The SMILES string of the molecule is CC(C)(COC(C)(C)CN)NC(=O)c1ccc2nc(CN3CCC(C)(C)C(OF)C3)n(CC3CCO3)c2c1. The molecule has 212 valence electrons. The van der Waals surface area contributed by atoms with E-state index in [1.54, 1.807) is 6.07 Å². The van der Waals surface area contributed by atoms with Gasteiger partial charge in [0.1, 0.15) is 11.9 Å². The Bertz CT molecular complexity index is 1130. The van der Waals surface area contributed by atoms with Crippen LogP contribution in [0.1, 0.15) is 70.6 Å². The summed E-state index contributed by atoms with van der Waals surface area (Å²) in [7, 11) is 0. The minimum Gasteiger partial charge on any atom is -0.376 e. The van der Waals surface area contributed by atoms with Crippen molar-refractivity contribution in [3.8, 4) is 0 Å². The number of fused-ring (bicyclic) bond motifs is 1. The highest BCUT2D eigenvalue weighted by Crippen LogP contribution is 2.34. The van der Waals surface area contributed by atoms with Gasteiger partial charge in [0.15, 0.2) is 0 Å². The fourth-order valence-electron chi connectivity index (χ4n) is 4.79. The summed E-state index contributed by atoms with van der Waals surface area (Å²) >= 11 is 0. The second-order valence-corrected chi connectivity index (χ2v) is 12.8. The monoisotopic (exact) mass is 533 g/mol. The second-order valence-electron chi connectivity index (χ2n) is 12.8. The van der Waals surface area contributed by atoms with E-state index in [0.29, 0.717) is 38.3 Å². The van der Waals surface area contributed by atoms with Gasteiger partial charge < -0.3 is 25.1 Å². The normalized spacial score (nSPS) is 22.4. The van der Waals surface area contributed by atoms with Crippen LogP contribution < -0.4 is 11.1 Å². The lowest BCUT2D eigenvalue weighted by atomic mass is 9.80. The van der Waals surface area contributed by atoms with Gasteiger partial charge in [-0.15, -0.1) is 0 Å². The third kappa shape index (κ3) is 6.71. The van der Waals surface area contributed by atoms with E-state index >= 15 is 0 Å². The summed E-state index contributed by atoms with van der Waals surface area (Å²) in [6.07, 6.45) is 1.46. The Hall–Kier alpha value is -2.11. The number of likely N-dealkylation sites (tertiary alicyclic amines) is 1. The maximum atomic E-state index is 13.3. The number of carbonyl (C=O) groups excluding carboxylic acids is 1.